The molecule has 0 aliphatic heterocycles. The van der Waals surface area contributed by atoms with Gasteiger partial charge in [-0.05, 0) is 13.0 Å². The van der Waals surface area contributed by atoms with Crippen LogP contribution in [0.3, 0.4) is 0 Å². The third kappa shape index (κ3) is 2.17. The second kappa shape index (κ2) is 3.89. The lowest BCUT2D eigenvalue weighted by atomic mass is 10.2. The molecular formula is C5H10N6. The maximum Gasteiger partial charge on any atom is 0.190 e. The number of nitrogens with two attached hydrogens (primary N) is 2. The highest BCUT2D eigenvalue weighted by molar-refractivity contribution is 4.86. The highest BCUT2D eigenvalue weighted by atomic mass is 15.3. The molecule has 0 bridgehead atoms. The lowest BCUT2D eigenvalue weighted by Gasteiger charge is -2.04. The summed E-state index contributed by atoms with van der Waals surface area (Å²) in [5.41, 5.74) is 10.9. The molecule has 1 aromatic heterocycles. The van der Waals surface area contributed by atoms with Crippen molar-refractivity contribution >= 4 is 0 Å². The Morgan fingerprint density at radius 1 is 1.36 bits per heavy atom. The van der Waals surface area contributed by atoms with Gasteiger partial charge < -0.3 is 11.5 Å². The Labute approximate surface area is 64.0 Å². The lowest BCUT2D eigenvalue weighted by molar-refractivity contribution is 0.588. The fourth-order valence-corrected chi connectivity index (χ4v) is 0.670. The van der Waals surface area contributed by atoms with Crippen molar-refractivity contribution < 1.29 is 0 Å². The number of rotatable bonds is 3. The minimum atomic E-state index is -0.249. The van der Waals surface area contributed by atoms with E-state index in [1.165, 1.54) is 6.33 Å². The Morgan fingerprint density at radius 2 is 2.00 bits per heavy atom. The molecule has 0 radical (unpaired) electrons. The monoisotopic (exact) mass is 154 g/mol. The molecule has 1 unspecified atom stereocenters. The molecular weight excluding hydrogens is 144 g/mol. The molecule has 0 aliphatic rings. The van der Waals surface area contributed by atoms with Crippen LogP contribution in [0.4, 0.5) is 0 Å². The zero-order chi connectivity index (χ0) is 8.10. The van der Waals surface area contributed by atoms with E-state index in [1.807, 2.05) is 0 Å². The number of nitrogens with zero attached hydrogens (tertiary/aromatic N) is 4. The Balaban J connectivity index is 2.61. The van der Waals surface area contributed by atoms with Crippen LogP contribution in [-0.2, 0) is 0 Å². The third-order valence-corrected chi connectivity index (χ3v) is 1.23. The van der Waals surface area contributed by atoms with Crippen molar-refractivity contribution in [3.63, 3.8) is 0 Å². The first-order valence-corrected chi connectivity index (χ1v) is 3.30. The summed E-state index contributed by atoms with van der Waals surface area (Å²) in [6.07, 6.45) is 1.91. The Bertz CT molecular complexity index is 199. The summed E-state index contributed by atoms with van der Waals surface area (Å²) in [4.78, 5) is 0. The zero-order valence-corrected chi connectivity index (χ0v) is 6.01. The van der Waals surface area contributed by atoms with E-state index in [-0.39, 0.29) is 6.04 Å². The first-order valence-electron chi connectivity index (χ1n) is 3.30. The maximum atomic E-state index is 5.62. The second-order valence-corrected chi connectivity index (χ2v) is 2.09. The quantitative estimate of drug-likeness (QED) is 0.555. The van der Waals surface area contributed by atoms with Gasteiger partial charge in [0.1, 0.15) is 0 Å². The second-order valence-electron chi connectivity index (χ2n) is 2.09. The fourth-order valence-electron chi connectivity index (χ4n) is 0.670. The average molecular weight is 154 g/mol. The van der Waals surface area contributed by atoms with Gasteiger partial charge >= 0.3 is 0 Å². The maximum absolute atomic E-state index is 5.62. The van der Waals surface area contributed by atoms with Crippen LogP contribution in [0.2, 0.25) is 0 Å². The molecule has 0 saturated heterocycles. The molecule has 0 spiro atoms. The predicted molar refractivity (Wildman–Crippen MR) is 38.2 cm³/mol. The van der Waals surface area contributed by atoms with Crippen LogP contribution in [0, 0.1) is 0 Å². The molecule has 60 valence electrons. The van der Waals surface area contributed by atoms with E-state index in [0.717, 1.165) is 0 Å². The molecule has 6 nitrogen and oxygen atoms in total. The van der Waals surface area contributed by atoms with E-state index in [1.54, 1.807) is 0 Å². The number of hydrogen-bond acceptors (Lipinski definition) is 6. The molecule has 1 atom stereocenters. The average Bonchev–Trinajstić information content (AvgIpc) is 2.07. The van der Waals surface area contributed by atoms with Crippen molar-refractivity contribution in [2.24, 2.45) is 11.5 Å². The summed E-state index contributed by atoms with van der Waals surface area (Å²) < 4.78 is 0. The molecule has 0 amide bonds. The summed E-state index contributed by atoms with van der Waals surface area (Å²) in [5, 5.41) is 14.5. The van der Waals surface area contributed by atoms with Crippen molar-refractivity contribution in [1.82, 2.24) is 20.4 Å². The Hall–Kier alpha value is -1.14. The summed E-state index contributed by atoms with van der Waals surface area (Å²) in [6, 6.07) is -0.249. The summed E-state index contributed by atoms with van der Waals surface area (Å²) in [6.45, 7) is 0.513. The zero-order valence-electron chi connectivity index (χ0n) is 6.01. The summed E-state index contributed by atoms with van der Waals surface area (Å²) in [5.74, 6) is 0.443. The lowest BCUT2D eigenvalue weighted by Crippen LogP contribution is -2.18. The topological polar surface area (TPSA) is 104 Å². The minimum absolute atomic E-state index is 0.249. The van der Waals surface area contributed by atoms with Crippen LogP contribution >= 0.6 is 0 Å². The third-order valence-electron chi connectivity index (χ3n) is 1.23. The molecule has 0 aliphatic carbocycles. The number of hydrogen-bond donors (Lipinski definition) is 2. The van der Waals surface area contributed by atoms with E-state index < -0.39 is 0 Å². The SMILES string of the molecule is NCCC(N)c1nncnn1. The van der Waals surface area contributed by atoms with Crippen LogP contribution in [-0.4, -0.2) is 26.9 Å². The first-order chi connectivity index (χ1) is 5.34. The van der Waals surface area contributed by atoms with Gasteiger partial charge in [-0.15, -0.1) is 20.4 Å². The van der Waals surface area contributed by atoms with Gasteiger partial charge in [0.25, 0.3) is 0 Å². The molecule has 0 saturated carbocycles. The van der Waals surface area contributed by atoms with Gasteiger partial charge in [-0.2, -0.15) is 0 Å². The molecule has 0 fully saturated rings. The molecule has 6 heteroatoms. The van der Waals surface area contributed by atoms with Crippen LogP contribution in [0.5, 0.6) is 0 Å². The van der Waals surface area contributed by atoms with E-state index in [2.05, 4.69) is 20.4 Å². The van der Waals surface area contributed by atoms with Crippen LogP contribution in [0.1, 0.15) is 18.3 Å². The molecule has 1 heterocycles. The highest BCUT2D eigenvalue weighted by Gasteiger charge is 2.07. The Morgan fingerprint density at radius 3 is 2.55 bits per heavy atom. The smallest absolute Gasteiger partial charge is 0.190 e. The molecule has 0 aromatic carbocycles. The standard InChI is InChI=1S/C5H10N6/c6-2-1-4(7)5-10-8-3-9-11-5/h3-4H,1-2,6-7H2. The first kappa shape index (κ1) is 7.96. The van der Waals surface area contributed by atoms with Gasteiger partial charge in [-0.3, -0.25) is 0 Å². The minimum Gasteiger partial charge on any atom is -0.330 e. The predicted octanol–water partition coefficient (Wildman–Crippen LogP) is -1.38. The largest absolute Gasteiger partial charge is 0.330 e. The summed E-state index contributed by atoms with van der Waals surface area (Å²) >= 11 is 0. The van der Waals surface area contributed by atoms with E-state index in [0.29, 0.717) is 18.8 Å². The Kier molecular flexibility index (Phi) is 2.82. The van der Waals surface area contributed by atoms with Crippen molar-refractivity contribution in [2.75, 3.05) is 6.54 Å². The van der Waals surface area contributed by atoms with Crippen molar-refractivity contribution in [1.29, 1.82) is 0 Å². The van der Waals surface area contributed by atoms with Gasteiger partial charge in [0, 0.05) is 0 Å². The van der Waals surface area contributed by atoms with Crippen LogP contribution in [0.15, 0.2) is 6.33 Å². The normalized spacial score (nSPS) is 12.9. The molecule has 4 N–H and O–H groups in total. The highest BCUT2D eigenvalue weighted by Crippen LogP contribution is 2.03. The van der Waals surface area contributed by atoms with Gasteiger partial charge in [-0.25, -0.2) is 0 Å². The van der Waals surface area contributed by atoms with Gasteiger partial charge in [0.15, 0.2) is 12.2 Å². The fraction of sp³-hybridized carbons (Fsp3) is 0.600. The van der Waals surface area contributed by atoms with Crippen molar-refractivity contribution in [3.05, 3.63) is 12.2 Å². The van der Waals surface area contributed by atoms with Crippen LogP contribution in [0.25, 0.3) is 0 Å². The number of aromatic nitrogens is 4. The summed E-state index contributed by atoms with van der Waals surface area (Å²) in [7, 11) is 0. The van der Waals surface area contributed by atoms with Crippen molar-refractivity contribution in [2.45, 2.75) is 12.5 Å². The van der Waals surface area contributed by atoms with Crippen molar-refractivity contribution in [3.8, 4) is 0 Å². The molecule has 1 rings (SSSR count). The molecule has 1 aromatic rings. The molecule has 11 heavy (non-hydrogen) atoms. The van der Waals surface area contributed by atoms with Gasteiger partial charge in [-0.1, -0.05) is 0 Å². The van der Waals surface area contributed by atoms with Gasteiger partial charge in [0.2, 0.25) is 0 Å². The van der Waals surface area contributed by atoms with Crippen LogP contribution < -0.4 is 11.5 Å². The van der Waals surface area contributed by atoms with E-state index in [9.17, 15) is 0 Å². The van der Waals surface area contributed by atoms with Gasteiger partial charge in [0.05, 0.1) is 6.04 Å². The van der Waals surface area contributed by atoms with E-state index >= 15 is 0 Å². The van der Waals surface area contributed by atoms with E-state index in [4.69, 9.17) is 11.5 Å².